The second-order valence-corrected chi connectivity index (χ2v) is 12.1. The van der Waals surface area contributed by atoms with E-state index in [2.05, 4.69) is 39.2 Å². The molecular formula is C27H36N8O4. The first-order valence-corrected chi connectivity index (χ1v) is 13.3. The van der Waals surface area contributed by atoms with Crippen molar-refractivity contribution in [2.45, 2.75) is 51.8 Å². The van der Waals surface area contributed by atoms with Crippen LogP contribution < -0.4 is 20.5 Å². The Morgan fingerprint density at radius 3 is 2.64 bits per heavy atom. The average molecular weight is 537 g/mol. The highest BCUT2D eigenvalue weighted by Crippen LogP contribution is 2.50. The molecule has 4 heterocycles. The number of hydrogen-bond donors (Lipinski definition) is 2. The predicted octanol–water partition coefficient (Wildman–Crippen LogP) is 3.18. The highest BCUT2D eigenvalue weighted by Gasteiger charge is 2.52. The Balaban J connectivity index is 1.24. The summed E-state index contributed by atoms with van der Waals surface area (Å²) in [6.45, 7) is 9.26. The molecule has 3 N–H and O–H groups in total. The van der Waals surface area contributed by atoms with Crippen molar-refractivity contribution in [3.05, 3.63) is 18.5 Å². The quantitative estimate of drug-likeness (QED) is 0.484. The summed E-state index contributed by atoms with van der Waals surface area (Å²) in [4.78, 5) is 25.9. The van der Waals surface area contributed by atoms with Crippen molar-refractivity contribution in [1.82, 2.24) is 29.5 Å². The zero-order valence-electron chi connectivity index (χ0n) is 23.2. The molecule has 1 spiro atoms. The molecule has 208 valence electrons. The molecule has 12 nitrogen and oxygen atoms in total. The lowest BCUT2D eigenvalue weighted by Gasteiger charge is -2.60. The number of hydrogen-bond acceptors (Lipinski definition) is 10. The number of nitrogens with zero attached hydrogens (tertiary/aromatic N) is 6. The first kappa shape index (κ1) is 25.6. The highest BCUT2D eigenvalue weighted by molar-refractivity contribution is 6.01. The number of likely N-dealkylation sites (tertiary alicyclic amines) is 1. The van der Waals surface area contributed by atoms with Gasteiger partial charge in [-0.05, 0) is 65.3 Å². The van der Waals surface area contributed by atoms with Crippen molar-refractivity contribution in [3.8, 4) is 22.8 Å². The summed E-state index contributed by atoms with van der Waals surface area (Å²) >= 11 is 0. The third kappa shape index (κ3) is 4.71. The lowest BCUT2D eigenvalue weighted by molar-refractivity contribution is -0.101. The Hall–Kier alpha value is -3.64. The van der Waals surface area contributed by atoms with Gasteiger partial charge in [-0.2, -0.15) is 5.10 Å². The lowest BCUT2D eigenvalue weighted by atomic mass is 9.60. The minimum atomic E-state index is -0.628. The molecule has 0 radical (unpaired) electrons. The maximum Gasteiger partial charge on any atom is 0.412 e. The molecule has 0 atom stereocenters. The van der Waals surface area contributed by atoms with Crippen LogP contribution in [-0.4, -0.2) is 87.8 Å². The molecular weight excluding hydrogens is 500 g/mol. The van der Waals surface area contributed by atoms with Crippen LogP contribution in [0.4, 0.5) is 16.3 Å². The second-order valence-electron chi connectivity index (χ2n) is 12.1. The van der Waals surface area contributed by atoms with E-state index < -0.39 is 11.7 Å². The number of fused-ring (bicyclic) bond motifs is 2. The summed E-state index contributed by atoms with van der Waals surface area (Å²) in [5.74, 6) is 1.24. The molecule has 1 aliphatic carbocycles. The zero-order chi connectivity index (χ0) is 27.5. The second kappa shape index (κ2) is 9.23. The fraction of sp³-hybridized carbons (Fsp3) is 0.556. The minimum absolute atomic E-state index is 0.0192. The molecule has 1 saturated carbocycles. The molecule has 1 saturated heterocycles. The van der Waals surface area contributed by atoms with Gasteiger partial charge in [-0.15, -0.1) is 0 Å². The fourth-order valence-corrected chi connectivity index (χ4v) is 5.93. The molecule has 1 aromatic carbocycles. The molecule has 39 heavy (non-hydrogen) atoms. The number of aromatic nitrogens is 4. The zero-order valence-corrected chi connectivity index (χ0v) is 23.2. The maximum atomic E-state index is 12.4. The van der Waals surface area contributed by atoms with Crippen LogP contribution in [0, 0.1) is 5.41 Å². The van der Waals surface area contributed by atoms with Crippen molar-refractivity contribution in [3.63, 3.8) is 0 Å². The van der Waals surface area contributed by atoms with Gasteiger partial charge in [-0.3, -0.25) is 5.32 Å². The van der Waals surface area contributed by atoms with Gasteiger partial charge >= 0.3 is 6.09 Å². The third-order valence-electron chi connectivity index (χ3n) is 7.78. The van der Waals surface area contributed by atoms with E-state index in [0.717, 1.165) is 19.6 Å². The predicted molar refractivity (Wildman–Crippen MR) is 147 cm³/mol. The van der Waals surface area contributed by atoms with Crippen LogP contribution in [0.2, 0.25) is 0 Å². The third-order valence-corrected chi connectivity index (χ3v) is 7.78. The summed E-state index contributed by atoms with van der Waals surface area (Å²) in [6.07, 6.45) is 3.45. The van der Waals surface area contributed by atoms with Crippen molar-refractivity contribution in [2.24, 2.45) is 5.41 Å². The van der Waals surface area contributed by atoms with Crippen molar-refractivity contribution in [1.29, 1.82) is 0 Å². The Morgan fingerprint density at radius 2 is 1.92 bits per heavy atom. The first-order chi connectivity index (χ1) is 18.5. The maximum absolute atomic E-state index is 12.4. The van der Waals surface area contributed by atoms with Gasteiger partial charge < -0.3 is 29.7 Å². The van der Waals surface area contributed by atoms with E-state index in [1.807, 2.05) is 10.7 Å². The molecule has 2 aromatic heterocycles. The van der Waals surface area contributed by atoms with Gasteiger partial charge in [-0.25, -0.2) is 19.4 Å². The normalized spacial score (nSPS) is 18.4. The van der Waals surface area contributed by atoms with E-state index in [-0.39, 0.29) is 6.79 Å². The van der Waals surface area contributed by atoms with Crippen molar-refractivity contribution >= 4 is 28.6 Å². The molecule has 3 aromatic rings. The Labute approximate surface area is 227 Å². The van der Waals surface area contributed by atoms with E-state index >= 15 is 0 Å². The van der Waals surface area contributed by atoms with Crippen LogP contribution in [0.3, 0.4) is 0 Å². The number of anilines is 2. The lowest BCUT2D eigenvalue weighted by Crippen LogP contribution is -2.66. The Morgan fingerprint density at radius 1 is 1.18 bits per heavy atom. The number of carbonyl (C=O) groups is 1. The average Bonchev–Trinajstić information content (AvgIpc) is 3.42. The Bertz CT molecular complexity index is 1420. The van der Waals surface area contributed by atoms with Crippen LogP contribution in [0.15, 0.2) is 18.5 Å². The van der Waals surface area contributed by atoms with Crippen molar-refractivity contribution < 1.29 is 19.0 Å². The number of carbonyl (C=O) groups excluding carboxylic acids is 1. The molecule has 1 amide bonds. The van der Waals surface area contributed by atoms with E-state index in [1.54, 1.807) is 26.8 Å². The molecule has 6 rings (SSSR count). The summed E-state index contributed by atoms with van der Waals surface area (Å²) in [5, 5.41) is 8.34. The van der Waals surface area contributed by atoms with Crippen LogP contribution in [0.1, 0.15) is 33.6 Å². The number of ether oxygens (including phenoxy) is 3. The van der Waals surface area contributed by atoms with E-state index in [9.17, 15) is 4.79 Å². The number of amides is 1. The van der Waals surface area contributed by atoms with E-state index in [4.69, 9.17) is 25.0 Å². The van der Waals surface area contributed by atoms with E-state index in [0.29, 0.717) is 63.3 Å². The summed E-state index contributed by atoms with van der Waals surface area (Å²) < 4.78 is 18.9. The molecule has 12 heteroatoms. The van der Waals surface area contributed by atoms with Crippen LogP contribution in [-0.2, 0) is 11.3 Å². The highest BCUT2D eigenvalue weighted by atomic mass is 16.7. The van der Waals surface area contributed by atoms with Crippen LogP contribution in [0.25, 0.3) is 22.3 Å². The molecule has 3 aliphatic rings. The molecule has 2 fully saturated rings. The fourth-order valence-electron chi connectivity index (χ4n) is 5.93. The van der Waals surface area contributed by atoms with Gasteiger partial charge in [0.2, 0.25) is 6.79 Å². The number of rotatable bonds is 6. The summed E-state index contributed by atoms with van der Waals surface area (Å²) in [7, 11) is 4.33. The number of nitrogens with one attached hydrogen (secondary N) is 1. The first-order valence-electron chi connectivity index (χ1n) is 13.3. The van der Waals surface area contributed by atoms with Gasteiger partial charge in [-0.1, -0.05) is 0 Å². The van der Waals surface area contributed by atoms with Crippen molar-refractivity contribution in [2.75, 3.05) is 51.6 Å². The van der Waals surface area contributed by atoms with Gasteiger partial charge in [0.1, 0.15) is 23.4 Å². The largest absolute Gasteiger partial charge is 0.453 e. The molecule has 0 bridgehead atoms. The standard InChI is InChI=1S/C27H36N8O4/c1-26(2,3)39-25(36)31-18-7-6-17(21-22(18)38-15-37-21)20-19-23(28)29-14-30-24(19)35(32-20)9-8-34-12-27(13-34)10-16(11-27)33(4)5/h6-7,14,16H,8-13,15H2,1-5H3,(H,31,36)(H2,28,29,30). The van der Waals surface area contributed by atoms with Gasteiger partial charge in [0, 0.05) is 31.2 Å². The Kier molecular flexibility index (Phi) is 6.07. The summed E-state index contributed by atoms with van der Waals surface area (Å²) in [5.41, 5.74) is 8.63. The number of nitrogens with two attached hydrogens (primary N) is 1. The SMILES string of the molecule is CN(C)C1CC2(C1)CN(CCn1nc(-c3ccc(NC(=O)OC(C)(C)C)c4c3OCO4)c3c(N)ncnc31)C2. The summed E-state index contributed by atoms with van der Waals surface area (Å²) in [6, 6.07) is 4.29. The molecule has 0 unspecified atom stereocenters. The van der Waals surface area contributed by atoms with Gasteiger partial charge in [0.25, 0.3) is 0 Å². The van der Waals surface area contributed by atoms with E-state index in [1.165, 1.54) is 19.2 Å². The number of nitrogen functional groups attached to an aromatic ring is 1. The number of benzene rings is 1. The van der Waals surface area contributed by atoms with Gasteiger partial charge in [0.05, 0.1) is 17.6 Å². The minimum Gasteiger partial charge on any atom is -0.453 e. The topological polar surface area (TPSA) is 133 Å². The monoisotopic (exact) mass is 536 g/mol. The smallest absolute Gasteiger partial charge is 0.412 e. The van der Waals surface area contributed by atoms with Gasteiger partial charge in [0.15, 0.2) is 17.1 Å². The van der Waals surface area contributed by atoms with Crippen LogP contribution >= 0.6 is 0 Å². The van der Waals surface area contributed by atoms with Crippen LogP contribution in [0.5, 0.6) is 11.5 Å². The molecule has 2 aliphatic heterocycles.